The Kier molecular flexibility index (Phi) is 20.6. The molecule has 0 saturated heterocycles. The summed E-state index contributed by atoms with van der Waals surface area (Å²) in [5, 5.41) is 34.6. The Bertz CT molecular complexity index is 1620. The molecule has 0 aliphatic rings. The van der Waals surface area contributed by atoms with Crippen molar-refractivity contribution in [3.05, 3.63) is 120 Å². The fourth-order valence-corrected chi connectivity index (χ4v) is 9.78. The van der Waals surface area contributed by atoms with Crippen molar-refractivity contribution in [2.45, 2.75) is 216 Å². The third-order valence-electron chi connectivity index (χ3n) is 13.2. The van der Waals surface area contributed by atoms with Crippen LogP contribution in [0.5, 0.6) is 17.2 Å². The largest absolute Gasteiger partial charge is 0.507 e. The lowest BCUT2D eigenvalue weighted by atomic mass is 9.77. The van der Waals surface area contributed by atoms with Crippen molar-refractivity contribution in [3.63, 3.8) is 0 Å². The Labute approximate surface area is 367 Å². The first-order valence-corrected chi connectivity index (χ1v) is 24.8. The van der Waals surface area contributed by atoms with Crippen LogP contribution in [0.1, 0.15) is 223 Å². The van der Waals surface area contributed by atoms with Gasteiger partial charge in [0.2, 0.25) is 0 Å². The van der Waals surface area contributed by atoms with Crippen LogP contribution in [0.2, 0.25) is 0 Å². The third kappa shape index (κ3) is 12.7. The highest BCUT2D eigenvalue weighted by Gasteiger charge is 2.24. The SMILES string of the molecule is CCCCc1cc(Cc2c(CC)c(Cc3cc(CCCC)c(O)c(CCCC)c3)c(CC)c(Cc3cc(CCCC)c(O)c(CCCC)c3)c2CC)cc(CCCC)c1O. The van der Waals surface area contributed by atoms with Gasteiger partial charge in [-0.2, -0.15) is 0 Å². The molecular weight excluding hydrogens is 733 g/mol. The second-order valence-corrected chi connectivity index (χ2v) is 17.9. The minimum atomic E-state index is 0.518. The van der Waals surface area contributed by atoms with Crippen LogP contribution in [-0.2, 0) is 77.0 Å². The standard InChI is InChI=1S/C57H84O3/c1-10-19-25-43-31-40(32-44(55(43)58)26-20-11-2)37-52-49(16-7)53(38-41-33-45(27-21-12-3)56(59)46(34-41)28-22-13-4)51(18-9)54(50(52)17-8)39-42-35-47(29-23-14-5)57(60)48(36-42)30-24-15-6/h31-36,58-60H,10-30,37-39H2,1-9H3. The topological polar surface area (TPSA) is 60.7 Å². The smallest absolute Gasteiger partial charge is 0.121 e. The fraction of sp³-hybridized carbons (Fsp3) is 0.579. The molecule has 4 rings (SSSR count). The number of hydrogen-bond donors (Lipinski definition) is 3. The molecule has 0 radical (unpaired) electrons. The van der Waals surface area contributed by atoms with E-state index < -0.39 is 0 Å². The Balaban J connectivity index is 2.05. The molecule has 330 valence electrons. The van der Waals surface area contributed by atoms with Crippen LogP contribution >= 0.6 is 0 Å². The number of aromatic hydroxyl groups is 3. The molecule has 0 atom stereocenters. The highest BCUT2D eigenvalue weighted by Crippen LogP contribution is 2.39. The predicted molar refractivity (Wildman–Crippen MR) is 259 cm³/mol. The fourth-order valence-electron chi connectivity index (χ4n) is 9.78. The normalized spacial score (nSPS) is 11.6. The van der Waals surface area contributed by atoms with E-state index in [-0.39, 0.29) is 0 Å². The third-order valence-corrected chi connectivity index (χ3v) is 13.2. The summed E-state index contributed by atoms with van der Waals surface area (Å²) in [5.74, 6) is 1.56. The van der Waals surface area contributed by atoms with Crippen molar-refractivity contribution in [2.75, 3.05) is 0 Å². The molecule has 3 N–H and O–H groups in total. The lowest BCUT2D eigenvalue weighted by Crippen LogP contribution is -2.15. The van der Waals surface area contributed by atoms with Crippen molar-refractivity contribution in [1.29, 1.82) is 0 Å². The maximum atomic E-state index is 11.5. The van der Waals surface area contributed by atoms with Crippen LogP contribution in [0.25, 0.3) is 0 Å². The van der Waals surface area contributed by atoms with Crippen LogP contribution in [-0.4, -0.2) is 15.3 Å². The Morgan fingerprint density at radius 2 is 0.467 bits per heavy atom. The number of unbranched alkanes of at least 4 members (excludes halogenated alkanes) is 6. The van der Waals surface area contributed by atoms with Crippen LogP contribution in [0.15, 0.2) is 36.4 Å². The molecule has 4 aromatic rings. The maximum absolute atomic E-state index is 11.5. The number of aryl methyl sites for hydroxylation is 6. The minimum Gasteiger partial charge on any atom is -0.507 e. The number of hydrogen-bond acceptors (Lipinski definition) is 3. The average Bonchev–Trinajstić information content (AvgIpc) is 3.25. The van der Waals surface area contributed by atoms with E-state index in [1.807, 2.05) is 0 Å². The first kappa shape index (κ1) is 48.9. The van der Waals surface area contributed by atoms with Crippen molar-refractivity contribution in [2.24, 2.45) is 0 Å². The van der Waals surface area contributed by atoms with Gasteiger partial charge in [0.25, 0.3) is 0 Å². The lowest BCUT2D eigenvalue weighted by molar-refractivity contribution is 0.458. The Hall–Kier alpha value is -3.72. The number of phenols is 3. The molecule has 4 aromatic carbocycles. The van der Waals surface area contributed by atoms with Crippen LogP contribution in [0, 0.1) is 0 Å². The zero-order chi connectivity index (χ0) is 43.6. The van der Waals surface area contributed by atoms with Gasteiger partial charge in [-0.1, -0.05) is 137 Å². The van der Waals surface area contributed by atoms with Gasteiger partial charge in [0, 0.05) is 0 Å². The zero-order valence-corrected chi connectivity index (χ0v) is 39.8. The quantitative estimate of drug-likeness (QED) is 0.0562. The van der Waals surface area contributed by atoms with Gasteiger partial charge < -0.3 is 15.3 Å². The van der Waals surface area contributed by atoms with E-state index in [1.54, 1.807) is 0 Å². The van der Waals surface area contributed by atoms with Gasteiger partial charge >= 0.3 is 0 Å². The van der Waals surface area contributed by atoms with Gasteiger partial charge in [-0.05, 0) is 199 Å². The molecule has 0 aliphatic heterocycles. The Morgan fingerprint density at radius 3 is 0.617 bits per heavy atom. The Morgan fingerprint density at radius 1 is 0.283 bits per heavy atom. The van der Waals surface area contributed by atoms with E-state index in [2.05, 4.69) is 98.7 Å². The molecule has 0 saturated carbocycles. The van der Waals surface area contributed by atoms with Gasteiger partial charge in [0.15, 0.2) is 0 Å². The maximum Gasteiger partial charge on any atom is 0.121 e. The molecule has 0 bridgehead atoms. The van der Waals surface area contributed by atoms with Crippen molar-refractivity contribution < 1.29 is 15.3 Å². The molecule has 3 nitrogen and oxygen atoms in total. The summed E-state index contributed by atoms with van der Waals surface area (Å²) in [6, 6.07) is 14.0. The molecule has 0 unspecified atom stereocenters. The van der Waals surface area contributed by atoms with Gasteiger partial charge in [0.05, 0.1) is 0 Å². The summed E-state index contributed by atoms with van der Waals surface area (Å²) in [6.45, 7) is 20.5. The minimum absolute atomic E-state index is 0.518. The van der Waals surface area contributed by atoms with Crippen molar-refractivity contribution in [1.82, 2.24) is 0 Å². The molecule has 0 amide bonds. The first-order valence-electron chi connectivity index (χ1n) is 24.8. The van der Waals surface area contributed by atoms with E-state index >= 15 is 0 Å². The lowest BCUT2D eigenvalue weighted by Gasteiger charge is -2.27. The van der Waals surface area contributed by atoms with Gasteiger partial charge in [-0.3, -0.25) is 0 Å². The summed E-state index contributed by atoms with van der Waals surface area (Å²) >= 11 is 0. The summed E-state index contributed by atoms with van der Waals surface area (Å²) < 4.78 is 0. The van der Waals surface area contributed by atoms with Crippen LogP contribution < -0.4 is 0 Å². The first-order chi connectivity index (χ1) is 29.1. The number of phenolic OH excluding ortho intramolecular Hbond substituents is 3. The van der Waals surface area contributed by atoms with E-state index in [9.17, 15) is 15.3 Å². The molecule has 0 heterocycles. The average molecular weight is 817 g/mol. The summed E-state index contributed by atoms with van der Waals surface area (Å²) in [6.07, 6.45) is 24.0. The number of benzene rings is 4. The zero-order valence-electron chi connectivity index (χ0n) is 39.8. The second kappa shape index (κ2) is 25.3. The second-order valence-electron chi connectivity index (χ2n) is 17.9. The monoisotopic (exact) mass is 817 g/mol. The molecule has 0 aromatic heterocycles. The highest BCUT2D eigenvalue weighted by molar-refractivity contribution is 5.58. The van der Waals surface area contributed by atoms with Gasteiger partial charge in [0.1, 0.15) is 17.2 Å². The van der Waals surface area contributed by atoms with E-state index in [4.69, 9.17) is 0 Å². The molecule has 3 heteroatoms. The molecular formula is C57H84O3. The summed E-state index contributed by atoms with van der Waals surface area (Å²) in [7, 11) is 0. The molecule has 0 fully saturated rings. The summed E-state index contributed by atoms with van der Waals surface area (Å²) in [4.78, 5) is 0. The summed E-state index contributed by atoms with van der Waals surface area (Å²) in [5.41, 5.74) is 19.5. The molecule has 0 aliphatic carbocycles. The highest BCUT2D eigenvalue weighted by atomic mass is 16.3. The van der Waals surface area contributed by atoms with Gasteiger partial charge in [-0.25, -0.2) is 0 Å². The van der Waals surface area contributed by atoms with E-state index in [0.717, 1.165) is 187 Å². The molecule has 60 heavy (non-hydrogen) atoms. The van der Waals surface area contributed by atoms with E-state index in [1.165, 1.54) is 50.1 Å². The van der Waals surface area contributed by atoms with Crippen LogP contribution in [0.3, 0.4) is 0 Å². The predicted octanol–water partition coefficient (Wildman–Crippen LogP) is 15.3. The van der Waals surface area contributed by atoms with Crippen LogP contribution in [0.4, 0.5) is 0 Å². The van der Waals surface area contributed by atoms with Crippen molar-refractivity contribution >= 4 is 0 Å². The van der Waals surface area contributed by atoms with Crippen molar-refractivity contribution in [3.8, 4) is 17.2 Å². The molecule has 0 spiro atoms. The number of rotatable bonds is 27. The van der Waals surface area contributed by atoms with E-state index in [0.29, 0.717) is 17.2 Å². The van der Waals surface area contributed by atoms with Gasteiger partial charge in [-0.15, -0.1) is 0 Å².